The second-order valence-corrected chi connectivity index (χ2v) is 6.04. The van der Waals surface area contributed by atoms with Gasteiger partial charge in [-0.2, -0.15) is 0 Å². The fourth-order valence-corrected chi connectivity index (χ4v) is 3.24. The highest BCUT2D eigenvalue weighted by Crippen LogP contribution is 2.32. The molecule has 126 valence electrons. The van der Waals surface area contributed by atoms with E-state index in [0.717, 1.165) is 24.4 Å². The minimum absolute atomic E-state index is 0.0124. The van der Waals surface area contributed by atoms with Crippen molar-refractivity contribution >= 4 is 5.91 Å². The second kappa shape index (κ2) is 6.43. The Bertz CT molecular complexity index is 891. The SMILES string of the molecule is Cc1nccn1-c1cncc([C@@H]2CCCN2C(=O)c2cccnc2)n1. The van der Waals surface area contributed by atoms with Crippen molar-refractivity contribution in [2.24, 2.45) is 0 Å². The molecule has 7 nitrogen and oxygen atoms in total. The van der Waals surface area contributed by atoms with E-state index in [9.17, 15) is 4.79 Å². The van der Waals surface area contributed by atoms with Crippen molar-refractivity contribution in [1.82, 2.24) is 29.4 Å². The number of aromatic nitrogens is 5. The number of carbonyl (C=O) groups excluding carboxylic acids is 1. The van der Waals surface area contributed by atoms with Gasteiger partial charge in [0.2, 0.25) is 0 Å². The quantitative estimate of drug-likeness (QED) is 0.735. The number of hydrogen-bond acceptors (Lipinski definition) is 5. The number of rotatable bonds is 3. The van der Waals surface area contributed by atoms with E-state index in [2.05, 4.69) is 15.0 Å². The summed E-state index contributed by atoms with van der Waals surface area (Å²) in [6, 6.07) is 3.51. The van der Waals surface area contributed by atoms with Gasteiger partial charge in [-0.3, -0.25) is 19.3 Å². The van der Waals surface area contributed by atoms with Gasteiger partial charge >= 0.3 is 0 Å². The Kier molecular flexibility index (Phi) is 3.97. The van der Waals surface area contributed by atoms with Crippen LogP contribution in [-0.2, 0) is 0 Å². The molecule has 0 radical (unpaired) electrons. The van der Waals surface area contributed by atoms with E-state index in [1.807, 2.05) is 22.6 Å². The van der Waals surface area contributed by atoms with Crippen LogP contribution in [0.25, 0.3) is 5.82 Å². The molecule has 1 saturated heterocycles. The highest BCUT2D eigenvalue weighted by atomic mass is 16.2. The molecule has 0 aliphatic carbocycles. The third-order valence-corrected chi connectivity index (χ3v) is 4.48. The Morgan fingerprint density at radius 2 is 2.12 bits per heavy atom. The highest BCUT2D eigenvalue weighted by Gasteiger charge is 2.32. The fraction of sp³-hybridized carbons (Fsp3) is 0.278. The molecule has 0 bridgehead atoms. The summed E-state index contributed by atoms with van der Waals surface area (Å²) in [5, 5.41) is 0. The number of aryl methyl sites for hydroxylation is 1. The molecule has 7 heteroatoms. The van der Waals surface area contributed by atoms with Crippen molar-refractivity contribution in [1.29, 1.82) is 0 Å². The predicted octanol–water partition coefficient (Wildman–Crippen LogP) is 2.34. The van der Waals surface area contributed by atoms with Crippen LogP contribution in [0.2, 0.25) is 0 Å². The number of likely N-dealkylation sites (tertiary alicyclic amines) is 1. The van der Waals surface area contributed by atoms with Gasteiger partial charge in [0.25, 0.3) is 5.91 Å². The van der Waals surface area contributed by atoms with Crippen LogP contribution >= 0.6 is 0 Å². The van der Waals surface area contributed by atoms with Gasteiger partial charge in [0.1, 0.15) is 5.82 Å². The number of nitrogens with zero attached hydrogens (tertiary/aromatic N) is 6. The van der Waals surface area contributed by atoms with Crippen molar-refractivity contribution in [2.45, 2.75) is 25.8 Å². The minimum Gasteiger partial charge on any atom is -0.330 e. The lowest BCUT2D eigenvalue weighted by molar-refractivity contribution is 0.0732. The van der Waals surface area contributed by atoms with Crippen LogP contribution in [-0.4, -0.2) is 41.9 Å². The van der Waals surface area contributed by atoms with Crippen LogP contribution in [0, 0.1) is 6.92 Å². The molecule has 0 aromatic carbocycles. The molecule has 1 aliphatic heterocycles. The lowest BCUT2D eigenvalue weighted by Crippen LogP contribution is -2.31. The average Bonchev–Trinajstić information content (AvgIpc) is 3.31. The van der Waals surface area contributed by atoms with Gasteiger partial charge in [-0.15, -0.1) is 0 Å². The van der Waals surface area contributed by atoms with Crippen molar-refractivity contribution < 1.29 is 4.79 Å². The van der Waals surface area contributed by atoms with Crippen molar-refractivity contribution in [3.8, 4) is 5.82 Å². The summed E-state index contributed by atoms with van der Waals surface area (Å²) >= 11 is 0. The Morgan fingerprint density at radius 3 is 2.88 bits per heavy atom. The molecule has 0 spiro atoms. The van der Waals surface area contributed by atoms with E-state index in [1.54, 1.807) is 43.1 Å². The lowest BCUT2D eigenvalue weighted by atomic mass is 10.1. The fourth-order valence-electron chi connectivity index (χ4n) is 3.24. The summed E-state index contributed by atoms with van der Waals surface area (Å²) in [6.07, 6.45) is 12.2. The summed E-state index contributed by atoms with van der Waals surface area (Å²) in [5.41, 5.74) is 1.41. The minimum atomic E-state index is -0.0658. The van der Waals surface area contributed by atoms with Gasteiger partial charge in [-0.05, 0) is 31.9 Å². The average molecular weight is 334 g/mol. The van der Waals surface area contributed by atoms with Crippen molar-refractivity contribution in [3.63, 3.8) is 0 Å². The van der Waals surface area contributed by atoms with Crippen LogP contribution in [0.5, 0.6) is 0 Å². The molecule has 0 saturated carbocycles. The van der Waals surface area contributed by atoms with Crippen LogP contribution in [0.3, 0.4) is 0 Å². The molecule has 1 fully saturated rings. The molecule has 4 heterocycles. The first-order chi connectivity index (χ1) is 12.2. The van der Waals surface area contributed by atoms with Gasteiger partial charge in [-0.1, -0.05) is 0 Å². The highest BCUT2D eigenvalue weighted by molar-refractivity contribution is 5.94. The van der Waals surface area contributed by atoms with Crippen molar-refractivity contribution in [2.75, 3.05) is 6.54 Å². The van der Waals surface area contributed by atoms with Gasteiger partial charge in [-0.25, -0.2) is 9.97 Å². The molecule has 3 aromatic heterocycles. The number of amides is 1. The first kappa shape index (κ1) is 15.4. The maximum absolute atomic E-state index is 12.8. The zero-order valence-corrected chi connectivity index (χ0v) is 13.9. The predicted molar refractivity (Wildman–Crippen MR) is 91.1 cm³/mol. The van der Waals surface area contributed by atoms with E-state index in [1.165, 1.54) is 0 Å². The Morgan fingerprint density at radius 1 is 1.20 bits per heavy atom. The molecule has 25 heavy (non-hydrogen) atoms. The number of carbonyl (C=O) groups is 1. The van der Waals surface area contributed by atoms with Crippen LogP contribution in [0.4, 0.5) is 0 Å². The Balaban J connectivity index is 1.65. The standard InChI is InChI=1S/C18H18N6O/c1-13-21-7-9-23(13)17-12-20-11-15(22-17)16-5-3-8-24(16)18(25)14-4-2-6-19-10-14/h2,4,6-7,9-12,16H,3,5,8H2,1H3/t16-/m0/s1. The summed E-state index contributed by atoms with van der Waals surface area (Å²) in [5.74, 6) is 1.55. The van der Waals surface area contributed by atoms with Gasteiger partial charge in [0.15, 0.2) is 5.82 Å². The molecule has 1 amide bonds. The topological polar surface area (TPSA) is 76.8 Å². The van der Waals surface area contributed by atoms with Crippen LogP contribution in [0.1, 0.15) is 40.8 Å². The normalized spacial score (nSPS) is 17.0. The largest absolute Gasteiger partial charge is 0.330 e. The maximum Gasteiger partial charge on any atom is 0.255 e. The summed E-state index contributed by atoms with van der Waals surface area (Å²) in [7, 11) is 0. The Hall–Kier alpha value is -3.09. The molecule has 3 aromatic rings. The first-order valence-corrected chi connectivity index (χ1v) is 8.27. The number of hydrogen-bond donors (Lipinski definition) is 0. The van der Waals surface area contributed by atoms with Crippen LogP contribution in [0.15, 0.2) is 49.3 Å². The third-order valence-electron chi connectivity index (χ3n) is 4.48. The molecule has 0 unspecified atom stereocenters. The van der Waals surface area contributed by atoms with Crippen LogP contribution < -0.4 is 0 Å². The first-order valence-electron chi connectivity index (χ1n) is 8.27. The molecule has 0 N–H and O–H groups in total. The third kappa shape index (κ3) is 2.88. The lowest BCUT2D eigenvalue weighted by Gasteiger charge is -2.24. The summed E-state index contributed by atoms with van der Waals surface area (Å²) in [6.45, 7) is 2.64. The summed E-state index contributed by atoms with van der Waals surface area (Å²) in [4.78, 5) is 32.0. The molecule has 1 aliphatic rings. The molecular weight excluding hydrogens is 316 g/mol. The maximum atomic E-state index is 12.8. The van der Waals surface area contributed by atoms with Gasteiger partial charge in [0.05, 0.1) is 29.7 Å². The number of pyridine rings is 1. The zero-order chi connectivity index (χ0) is 17.2. The molecule has 4 rings (SSSR count). The summed E-state index contributed by atoms with van der Waals surface area (Å²) < 4.78 is 1.89. The van der Waals surface area contributed by atoms with E-state index >= 15 is 0 Å². The van der Waals surface area contributed by atoms with E-state index in [-0.39, 0.29) is 11.9 Å². The zero-order valence-electron chi connectivity index (χ0n) is 13.9. The number of imidazole rings is 1. The van der Waals surface area contributed by atoms with Gasteiger partial charge in [0, 0.05) is 31.3 Å². The second-order valence-electron chi connectivity index (χ2n) is 6.04. The van der Waals surface area contributed by atoms with E-state index in [0.29, 0.717) is 17.9 Å². The monoisotopic (exact) mass is 334 g/mol. The van der Waals surface area contributed by atoms with Crippen molar-refractivity contribution in [3.05, 3.63) is 66.4 Å². The molecular formula is C18H18N6O. The Labute approximate surface area is 145 Å². The molecule has 1 atom stereocenters. The smallest absolute Gasteiger partial charge is 0.255 e. The van der Waals surface area contributed by atoms with E-state index in [4.69, 9.17) is 4.98 Å². The van der Waals surface area contributed by atoms with E-state index < -0.39 is 0 Å². The van der Waals surface area contributed by atoms with Gasteiger partial charge < -0.3 is 4.90 Å².